The fourth-order valence-corrected chi connectivity index (χ4v) is 1.49. The van der Waals surface area contributed by atoms with Crippen molar-refractivity contribution in [3.8, 4) is 11.5 Å². The average molecular weight is 235 g/mol. The van der Waals surface area contributed by atoms with Gasteiger partial charge in [-0.3, -0.25) is 4.79 Å². The highest BCUT2D eigenvalue weighted by atomic mass is 16.5. The quantitative estimate of drug-likeness (QED) is 0.765. The largest absolute Gasteiger partial charge is 0.496 e. The van der Waals surface area contributed by atoms with Crippen molar-refractivity contribution in [2.75, 3.05) is 20.8 Å². The zero-order valence-corrected chi connectivity index (χ0v) is 10.1. The van der Waals surface area contributed by atoms with Gasteiger partial charge in [0.05, 0.1) is 19.8 Å². The van der Waals surface area contributed by atoms with Gasteiger partial charge in [0.1, 0.15) is 17.8 Å². The zero-order chi connectivity index (χ0) is 12.7. The molecule has 0 spiro atoms. The van der Waals surface area contributed by atoms with Crippen molar-refractivity contribution in [1.82, 2.24) is 0 Å². The number of hydrogen-bond acceptors (Lipinski definition) is 4. The Morgan fingerprint density at radius 1 is 1.24 bits per heavy atom. The van der Waals surface area contributed by atoms with Gasteiger partial charge in [-0.05, 0) is 25.1 Å². The van der Waals surface area contributed by atoms with Crippen LogP contribution in [0.2, 0.25) is 0 Å². The molecular weight excluding hydrogens is 218 g/mol. The number of carbonyl (C=O) groups excluding carboxylic acids is 1. The summed E-state index contributed by atoms with van der Waals surface area (Å²) in [6.45, 7) is 0.591. The van der Waals surface area contributed by atoms with E-state index in [1.54, 1.807) is 26.4 Å². The van der Waals surface area contributed by atoms with Crippen LogP contribution in [0.1, 0.15) is 22.3 Å². The lowest BCUT2D eigenvalue weighted by Crippen LogP contribution is -1.97. The SMILES string of the molecule is COc1cc(C=O)cc(OC)c1C=CCCN. The van der Waals surface area contributed by atoms with Crippen molar-refractivity contribution in [3.05, 3.63) is 29.3 Å². The van der Waals surface area contributed by atoms with Gasteiger partial charge < -0.3 is 15.2 Å². The van der Waals surface area contributed by atoms with E-state index in [2.05, 4.69) is 0 Å². The van der Waals surface area contributed by atoms with Crippen molar-refractivity contribution in [1.29, 1.82) is 0 Å². The van der Waals surface area contributed by atoms with Crippen LogP contribution in [0, 0.1) is 0 Å². The summed E-state index contributed by atoms with van der Waals surface area (Å²) < 4.78 is 10.5. The number of rotatable bonds is 6. The summed E-state index contributed by atoms with van der Waals surface area (Å²) in [5.41, 5.74) is 6.76. The molecule has 0 aliphatic carbocycles. The molecule has 4 heteroatoms. The standard InChI is InChI=1S/C13H17NO3/c1-16-12-7-10(9-15)8-13(17-2)11(12)5-3-4-6-14/h3,5,7-9H,4,6,14H2,1-2H3. The molecule has 0 fully saturated rings. The summed E-state index contributed by atoms with van der Waals surface area (Å²) in [6.07, 6.45) is 5.38. The molecule has 17 heavy (non-hydrogen) atoms. The number of hydrogen-bond donors (Lipinski definition) is 1. The van der Waals surface area contributed by atoms with E-state index in [0.29, 0.717) is 23.6 Å². The fourth-order valence-electron chi connectivity index (χ4n) is 1.49. The summed E-state index contributed by atoms with van der Waals surface area (Å²) in [4.78, 5) is 10.8. The van der Waals surface area contributed by atoms with E-state index in [0.717, 1.165) is 18.3 Å². The van der Waals surface area contributed by atoms with E-state index >= 15 is 0 Å². The predicted molar refractivity (Wildman–Crippen MR) is 67.6 cm³/mol. The molecule has 0 aliphatic heterocycles. The van der Waals surface area contributed by atoms with Gasteiger partial charge in [0.15, 0.2) is 0 Å². The molecule has 1 aromatic rings. The van der Waals surface area contributed by atoms with Gasteiger partial charge in [-0.25, -0.2) is 0 Å². The van der Waals surface area contributed by atoms with E-state index in [-0.39, 0.29) is 0 Å². The summed E-state index contributed by atoms with van der Waals surface area (Å²) >= 11 is 0. The van der Waals surface area contributed by atoms with Gasteiger partial charge in [-0.2, -0.15) is 0 Å². The highest BCUT2D eigenvalue weighted by Gasteiger charge is 2.09. The molecule has 4 nitrogen and oxygen atoms in total. The Morgan fingerprint density at radius 2 is 1.82 bits per heavy atom. The van der Waals surface area contributed by atoms with E-state index in [1.807, 2.05) is 12.2 Å². The van der Waals surface area contributed by atoms with Gasteiger partial charge >= 0.3 is 0 Å². The molecule has 0 radical (unpaired) electrons. The molecule has 0 amide bonds. The number of benzene rings is 1. The van der Waals surface area contributed by atoms with Crippen molar-refractivity contribution >= 4 is 12.4 Å². The van der Waals surface area contributed by atoms with Crippen LogP contribution in [0.4, 0.5) is 0 Å². The first-order valence-electron chi connectivity index (χ1n) is 5.34. The highest BCUT2D eigenvalue weighted by molar-refractivity contribution is 5.79. The first kappa shape index (κ1) is 13.3. The lowest BCUT2D eigenvalue weighted by molar-refractivity contribution is 0.112. The van der Waals surface area contributed by atoms with Crippen molar-refractivity contribution in [2.45, 2.75) is 6.42 Å². The third kappa shape index (κ3) is 3.32. The molecule has 1 rings (SSSR count). The molecule has 0 unspecified atom stereocenters. The lowest BCUT2D eigenvalue weighted by atomic mass is 10.1. The van der Waals surface area contributed by atoms with Crippen LogP contribution in [0.5, 0.6) is 11.5 Å². The Hall–Kier alpha value is -1.81. The minimum absolute atomic E-state index is 0.523. The van der Waals surface area contributed by atoms with Crippen LogP contribution in [-0.2, 0) is 0 Å². The number of aldehydes is 1. The summed E-state index contributed by atoms with van der Waals surface area (Å²) in [5.74, 6) is 1.22. The van der Waals surface area contributed by atoms with Crippen LogP contribution < -0.4 is 15.2 Å². The maximum Gasteiger partial charge on any atom is 0.150 e. The van der Waals surface area contributed by atoms with Crippen molar-refractivity contribution in [3.63, 3.8) is 0 Å². The monoisotopic (exact) mass is 235 g/mol. The molecule has 0 heterocycles. The molecule has 0 atom stereocenters. The van der Waals surface area contributed by atoms with Crippen molar-refractivity contribution in [2.24, 2.45) is 5.73 Å². The van der Waals surface area contributed by atoms with Crippen molar-refractivity contribution < 1.29 is 14.3 Å². The maximum atomic E-state index is 10.8. The molecule has 0 bridgehead atoms. The Kier molecular flexibility index (Phi) is 5.23. The zero-order valence-electron chi connectivity index (χ0n) is 10.1. The van der Waals surface area contributed by atoms with Crippen LogP contribution in [-0.4, -0.2) is 27.1 Å². The van der Waals surface area contributed by atoms with Crippen LogP contribution >= 0.6 is 0 Å². The first-order valence-corrected chi connectivity index (χ1v) is 5.34. The smallest absolute Gasteiger partial charge is 0.150 e. The summed E-state index contributed by atoms with van der Waals surface area (Å²) in [5, 5.41) is 0. The number of carbonyl (C=O) groups is 1. The van der Waals surface area contributed by atoms with Gasteiger partial charge in [-0.1, -0.05) is 12.2 Å². The predicted octanol–water partition coefficient (Wildman–Crippen LogP) is 1.88. The molecule has 0 saturated heterocycles. The Balaban J connectivity index is 3.19. The molecule has 1 aromatic carbocycles. The average Bonchev–Trinajstić information content (AvgIpc) is 2.38. The van der Waals surface area contributed by atoms with Crippen LogP contribution in [0.15, 0.2) is 18.2 Å². The number of ether oxygens (including phenoxy) is 2. The molecule has 0 aliphatic rings. The maximum absolute atomic E-state index is 10.8. The van der Waals surface area contributed by atoms with Gasteiger partial charge in [-0.15, -0.1) is 0 Å². The lowest BCUT2D eigenvalue weighted by Gasteiger charge is -2.11. The Labute approximate surface area is 101 Å². The van der Waals surface area contributed by atoms with E-state index < -0.39 is 0 Å². The second-order valence-electron chi connectivity index (χ2n) is 3.44. The van der Waals surface area contributed by atoms with Crippen LogP contribution in [0.3, 0.4) is 0 Å². The Bertz CT molecular complexity index is 388. The van der Waals surface area contributed by atoms with Gasteiger partial charge in [0.25, 0.3) is 0 Å². The normalized spacial score (nSPS) is 10.5. The van der Waals surface area contributed by atoms with Crippen LogP contribution in [0.25, 0.3) is 6.08 Å². The first-order chi connectivity index (χ1) is 8.26. The number of methoxy groups -OCH3 is 2. The molecule has 0 saturated carbocycles. The topological polar surface area (TPSA) is 61.5 Å². The Morgan fingerprint density at radius 3 is 2.24 bits per heavy atom. The minimum Gasteiger partial charge on any atom is -0.496 e. The van der Waals surface area contributed by atoms with Gasteiger partial charge in [0, 0.05) is 5.56 Å². The summed E-state index contributed by atoms with van der Waals surface area (Å²) in [6, 6.07) is 3.36. The molecule has 0 aromatic heterocycles. The summed E-state index contributed by atoms with van der Waals surface area (Å²) in [7, 11) is 3.12. The van der Waals surface area contributed by atoms with E-state index in [4.69, 9.17) is 15.2 Å². The third-order valence-corrected chi connectivity index (χ3v) is 2.32. The fraction of sp³-hybridized carbons (Fsp3) is 0.308. The second-order valence-corrected chi connectivity index (χ2v) is 3.44. The molecule has 92 valence electrons. The molecule has 2 N–H and O–H groups in total. The third-order valence-electron chi connectivity index (χ3n) is 2.32. The minimum atomic E-state index is 0.523. The second kappa shape index (κ2) is 6.70. The number of nitrogens with two attached hydrogens (primary N) is 1. The molecular formula is C13H17NO3. The highest BCUT2D eigenvalue weighted by Crippen LogP contribution is 2.31. The van der Waals surface area contributed by atoms with E-state index in [9.17, 15) is 4.79 Å². The van der Waals surface area contributed by atoms with E-state index in [1.165, 1.54) is 0 Å². The van der Waals surface area contributed by atoms with Gasteiger partial charge in [0.2, 0.25) is 0 Å².